The molecule has 1 atom stereocenters. The molecule has 0 saturated heterocycles. The lowest BCUT2D eigenvalue weighted by Gasteiger charge is -2.31. The van der Waals surface area contributed by atoms with Gasteiger partial charge in [0, 0.05) is 18.8 Å². The predicted octanol–water partition coefficient (Wildman–Crippen LogP) is 3.12. The number of para-hydroxylation sites is 1. The van der Waals surface area contributed by atoms with Gasteiger partial charge in [0.15, 0.2) is 0 Å². The third-order valence-electron chi connectivity index (χ3n) is 4.34. The summed E-state index contributed by atoms with van der Waals surface area (Å²) < 4.78 is 13.7. The molecule has 1 heterocycles. The van der Waals surface area contributed by atoms with Crippen molar-refractivity contribution in [3.63, 3.8) is 0 Å². The zero-order chi connectivity index (χ0) is 18.7. The largest absolute Gasteiger partial charge is 0.337 e. The van der Waals surface area contributed by atoms with Gasteiger partial charge in [-0.15, -0.1) is 12.4 Å². The predicted molar refractivity (Wildman–Crippen MR) is 106 cm³/mol. The quantitative estimate of drug-likeness (QED) is 0.749. The molecule has 6 nitrogen and oxygen atoms in total. The molecule has 0 radical (unpaired) electrons. The first-order chi connectivity index (χ1) is 12.5. The van der Waals surface area contributed by atoms with Gasteiger partial charge in [-0.2, -0.15) is 0 Å². The van der Waals surface area contributed by atoms with Gasteiger partial charge in [-0.05, 0) is 42.7 Å². The van der Waals surface area contributed by atoms with Crippen LogP contribution in [0.2, 0.25) is 0 Å². The van der Waals surface area contributed by atoms with Gasteiger partial charge in [-0.25, -0.2) is 9.18 Å². The third kappa shape index (κ3) is 4.75. The van der Waals surface area contributed by atoms with E-state index in [9.17, 15) is 14.0 Å². The van der Waals surface area contributed by atoms with Crippen LogP contribution < -0.4 is 16.4 Å². The molecule has 144 valence electrons. The van der Waals surface area contributed by atoms with E-state index >= 15 is 0 Å². The zero-order valence-electron chi connectivity index (χ0n) is 14.9. The fraction of sp³-hybridized carbons (Fsp3) is 0.263. The SMILES string of the molecule is C[C@H](N)C(=O)N1CCc2c(cccc2NC(=O)Nc2ccccc2F)C1.Cl. The lowest BCUT2D eigenvalue weighted by Crippen LogP contribution is -2.44. The number of amides is 3. The number of anilines is 2. The number of nitrogens with zero attached hydrogens (tertiary/aromatic N) is 1. The molecule has 0 unspecified atom stereocenters. The summed E-state index contributed by atoms with van der Waals surface area (Å²) in [5, 5.41) is 5.27. The van der Waals surface area contributed by atoms with Gasteiger partial charge < -0.3 is 21.3 Å². The number of hydrogen-bond acceptors (Lipinski definition) is 3. The molecule has 2 aromatic rings. The van der Waals surface area contributed by atoms with E-state index in [4.69, 9.17) is 5.73 Å². The number of halogens is 2. The molecule has 1 aliphatic heterocycles. The Morgan fingerprint density at radius 1 is 1.11 bits per heavy atom. The van der Waals surface area contributed by atoms with E-state index in [1.54, 1.807) is 30.0 Å². The van der Waals surface area contributed by atoms with Crippen LogP contribution in [0.5, 0.6) is 0 Å². The van der Waals surface area contributed by atoms with E-state index in [0.717, 1.165) is 11.1 Å². The summed E-state index contributed by atoms with van der Waals surface area (Å²) in [6, 6.07) is 10.5. The normalized spacial score (nSPS) is 13.8. The molecular weight excluding hydrogens is 371 g/mol. The minimum atomic E-state index is -0.538. The van der Waals surface area contributed by atoms with E-state index in [-0.39, 0.29) is 24.0 Å². The zero-order valence-corrected chi connectivity index (χ0v) is 15.7. The van der Waals surface area contributed by atoms with Crippen molar-refractivity contribution in [3.05, 3.63) is 59.4 Å². The average molecular weight is 393 g/mol. The van der Waals surface area contributed by atoms with E-state index in [1.807, 2.05) is 12.1 Å². The monoisotopic (exact) mass is 392 g/mol. The summed E-state index contributed by atoms with van der Waals surface area (Å²) in [5.41, 5.74) is 8.40. The highest BCUT2D eigenvalue weighted by Gasteiger charge is 2.24. The molecule has 1 aliphatic rings. The summed E-state index contributed by atoms with van der Waals surface area (Å²) in [7, 11) is 0. The average Bonchev–Trinajstić information content (AvgIpc) is 2.62. The molecule has 27 heavy (non-hydrogen) atoms. The number of hydrogen-bond donors (Lipinski definition) is 3. The molecule has 3 amide bonds. The summed E-state index contributed by atoms with van der Waals surface area (Å²) in [6.45, 7) is 2.67. The highest BCUT2D eigenvalue weighted by Crippen LogP contribution is 2.27. The third-order valence-corrected chi connectivity index (χ3v) is 4.34. The van der Waals surface area contributed by atoms with Crippen molar-refractivity contribution in [3.8, 4) is 0 Å². The van der Waals surface area contributed by atoms with Crippen molar-refractivity contribution in [1.29, 1.82) is 0 Å². The first-order valence-electron chi connectivity index (χ1n) is 8.43. The van der Waals surface area contributed by atoms with Crippen molar-refractivity contribution in [1.82, 2.24) is 4.90 Å². The second kappa shape index (κ2) is 8.83. The van der Waals surface area contributed by atoms with Crippen LogP contribution in [0.4, 0.5) is 20.6 Å². The van der Waals surface area contributed by atoms with Gasteiger partial charge in [0.05, 0.1) is 11.7 Å². The maximum absolute atomic E-state index is 13.7. The second-order valence-corrected chi connectivity index (χ2v) is 6.30. The molecule has 4 N–H and O–H groups in total. The first kappa shape index (κ1) is 20.7. The van der Waals surface area contributed by atoms with Gasteiger partial charge in [0.1, 0.15) is 5.82 Å². The fourth-order valence-corrected chi connectivity index (χ4v) is 3.04. The smallest absolute Gasteiger partial charge is 0.323 e. The van der Waals surface area contributed by atoms with Crippen LogP contribution in [0.3, 0.4) is 0 Å². The van der Waals surface area contributed by atoms with Gasteiger partial charge in [-0.3, -0.25) is 4.79 Å². The second-order valence-electron chi connectivity index (χ2n) is 6.30. The lowest BCUT2D eigenvalue weighted by molar-refractivity contribution is -0.133. The molecule has 0 spiro atoms. The van der Waals surface area contributed by atoms with Gasteiger partial charge in [0.2, 0.25) is 5.91 Å². The Morgan fingerprint density at radius 2 is 1.78 bits per heavy atom. The van der Waals surface area contributed by atoms with E-state index in [1.165, 1.54) is 12.1 Å². The van der Waals surface area contributed by atoms with Gasteiger partial charge in [0.25, 0.3) is 0 Å². The summed E-state index contributed by atoms with van der Waals surface area (Å²) in [5.74, 6) is -0.589. The van der Waals surface area contributed by atoms with Crippen molar-refractivity contribution in [2.75, 3.05) is 17.2 Å². The van der Waals surface area contributed by atoms with Crippen LogP contribution in [0.1, 0.15) is 18.1 Å². The molecule has 0 aliphatic carbocycles. The van der Waals surface area contributed by atoms with Crippen molar-refractivity contribution < 1.29 is 14.0 Å². The Kier molecular flexibility index (Phi) is 6.76. The number of nitrogens with two attached hydrogens (primary N) is 1. The number of benzene rings is 2. The fourth-order valence-electron chi connectivity index (χ4n) is 3.04. The molecule has 3 rings (SSSR count). The summed E-state index contributed by atoms with van der Waals surface area (Å²) in [4.78, 5) is 26.0. The van der Waals surface area contributed by atoms with Crippen LogP contribution in [-0.4, -0.2) is 29.4 Å². The number of nitrogens with one attached hydrogen (secondary N) is 2. The Labute approximate surface area is 163 Å². The highest BCUT2D eigenvalue weighted by atomic mass is 35.5. The molecule has 0 fully saturated rings. The van der Waals surface area contributed by atoms with Gasteiger partial charge in [-0.1, -0.05) is 24.3 Å². The van der Waals surface area contributed by atoms with Crippen LogP contribution in [0.15, 0.2) is 42.5 Å². The maximum Gasteiger partial charge on any atom is 0.323 e. The standard InChI is InChI=1S/C19H21FN4O2.ClH/c1-12(21)18(25)24-10-9-14-13(11-24)5-4-8-16(14)22-19(26)23-17-7-3-2-6-15(17)20;/h2-8,12H,9-11,21H2,1H3,(H2,22,23,26);1H/t12-;/m0./s1. The minimum absolute atomic E-state index is 0. The van der Waals surface area contributed by atoms with Crippen molar-refractivity contribution in [2.45, 2.75) is 25.9 Å². The number of rotatable bonds is 3. The van der Waals surface area contributed by atoms with Crippen LogP contribution in [0.25, 0.3) is 0 Å². The Morgan fingerprint density at radius 3 is 2.48 bits per heavy atom. The minimum Gasteiger partial charge on any atom is -0.337 e. The number of fused-ring (bicyclic) bond motifs is 1. The topological polar surface area (TPSA) is 87.5 Å². The molecule has 0 bridgehead atoms. The van der Waals surface area contributed by atoms with Crippen molar-refractivity contribution >= 4 is 35.7 Å². The molecular formula is C19H22ClFN4O2. The Hall–Kier alpha value is -2.64. The van der Waals surface area contributed by atoms with E-state index in [0.29, 0.717) is 25.2 Å². The summed E-state index contributed by atoms with van der Waals surface area (Å²) in [6.07, 6.45) is 0.615. The van der Waals surface area contributed by atoms with Crippen LogP contribution in [0, 0.1) is 5.82 Å². The number of carbonyl (C=O) groups is 2. The molecule has 2 aromatic carbocycles. The van der Waals surface area contributed by atoms with Gasteiger partial charge >= 0.3 is 6.03 Å². The highest BCUT2D eigenvalue weighted by molar-refractivity contribution is 6.00. The Balaban J connectivity index is 0.00000261. The van der Waals surface area contributed by atoms with Crippen LogP contribution >= 0.6 is 12.4 Å². The first-order valence-corrected chi connectivity index (χ1v) is 8.43. The molecule has 0 saturated carbocycles. The lowest BCUT2D eigenvalue weighted by atomic mass is 9.97. The van der Waals surface area contributed by atoms with Crippen molar-refractivity contribution in [2.24, 2.45) is 5.73 Å². The summed E-state index contributed by atoms with van der Waals surface area (Å²) >= 11 is 0. The Bertz CT molecular complexity index is 844. The van der Waals surface area contributed by atoms with E-state index < -0.39 is 17.9 Å². The number of carbonyl (C=O) groups excluding carboxylic acids is 2. The maximum atomic E-state index is 13.7. The van der Waals surface area contributed by atoms with E-state index in [2.05, 4.69) is 10.6 Å². The molecule has 0 aromatic heterocycles. The number of urea groups is 1. The van der Waals surface area contributed by atoms with Crippen LogP contribution in [-0.2, 0) is 17.8 Å². The molecule has 8 heteroatoms.